The molecule has 4 aromatic rings. The zero-order chi connectivity index (χ0) is 22.1. The second kappa shape index (κ2) is 9.15. The fourth-order valence-corrected chi connectivity index (χ4v) is 3.78. The molecule has 0 unspecified atom stereocenters. The Morgan fingerprint density at radius 1 is 0.781 bits per heavy atom. The van der Waals surface area contributed by atoms with E-state index in [0.717, 1.165) is 11.1 Å². The van der Waals surface area contributed by atoms with Gasteiger partial charge in [-0.15, -0.1) is 12.4 Å². The number of rotatable bonds is 5. The number of aromatic nitrogens is 4. The van der Waals surface area contributed by atoms with Crippen molar-refractivity contribution in [2.75, 3.05) is 0 Å². The van der Waals surface area contributed by atoms with Gasteiger partial charge in [0.2, 0.25) is 0 Å². The van der Waals surface area contributed by atoms with E-state index < -0.39 is 11.9 Å². The van der Waals surface area contributed by atoms with Crippen LogP contribution in [-0.2, 0) is 0 Å². The highest BCUT2D eigenvalue weighted by molar-refractivity contribution is 5.92. The Morgan fingerprint density at radius 2 is 1.31 bits per heavy atom. The molecule has 0 atom stereocenters. The second-order valence-electron chi connectivity index (χ2n) is 7.44. The molecule has 4 N–H and O–H groups in total. The van der Waals surface area contributed by atoms with Crippen molar-refractivity contribution in [3.05, 3.63) is 108 Å². The molecule has 8 nitrogen and oxygen atoms in total. The zero-order valence-corrected chi connectivity index (χ0v) is 18.6. The van der Waals surface area contributed by atoms with Crippen molar-refractivity contribution >= 4 is 18.4 Å². The quantitative estimate of drug-likeness (QED) is 0.272. The van der Waals surface area contributed by atoms with Gasteiger partial charge in [0.05, 0.1) is 16.7 Å². The summed E-state index contributed by atoms with van der Waals surface area (Å²) < 4.78 is 5.51. The molecule has 0 fully saturated rings. The summed E-state index contributed by atoms with van der Waals surface area (Å²) in [5.74, 6) is -0.667. The monoisotopic (exact) mass is 454 g/mol. The third-order valence-electron chi connectivity index (χ3n) is 5.39. The highest BCUT2D eigenvalue weighted by Gasteiger charge is 2.28. The molecule has 0 aliphatic carbocycles. The van der Waals surface area contributed by atoms with E-state index >= 15 is 0 Å². The van der Waals surface area contributed by atoms with Crippen molar-refractivity contribution in [3.63, 3.8) is 0 Å². The van der Waals surface area contributed by atoms with Crippen LogP contribution in [0.1, 0.15) is 49.9 Å². The summed E-state index contributed by atoms with van der Waals surface area (Å²) in [4.78, 5) is 37.5. The highest BCUT2D eigenvalue weighted by Crippen LogP contribution is 2.32. The lowest BCUT2D eigenvalue weighted by atomic mass is 9.85. The number of benzene rings is 2. The highest BCUT2D eigenvalue weighted by atomic mass is 35.5. The Labute approximate surface area is 189 Å². The van der Waals surface area contributed by atoms with E-state index in [1.54, 1.807) is 50.2 Å². The molecule has 0 bridgehead atoms. The SMILES string of the molecule is Cc1ccccc1C(=O)Oc1ccc(C(c2c(C)[nH][nH]c2=O)c2c(C)[nH][nH]c2=O)cc1.Cl. The van der Waals surface area contributed by atoms with Gasteiger partial charge in [-0.05, 0) is 50.1 Å². The van der Waals surface area contributed by atoms with Crippen molar-refractivity contribution in [1.82, 2.24) is 20.4 Å². The molecule has 9 heteroatoms. The number of nitrogens with one attached hydrogen (secondary N) is 4. The molecule has 166 valence electrons. The largest absolute Gasteiger partial charge is 0.423 e. The zero-order valence-electron chi connectivity index (χ0n) is 17.7. The van der Waals surface area contributed by atoms with Crippen LogP contribution >= 0.6 is 12.4 Å². The normalized spacial score (nSPS) is 10.8. The molecule has 0 radical (unpaired) electrons. The molecule has 0 aliphatic rings. The molecule has 0 amide bonds. The molecule has 0 spiro atoms. The molecular weight excluding hydrogens is 432 g/mol. The summed E-state index contributed by atoms with van der Waals surface area (Å²) in [7, 11) is 0. The lowest BCUT2D eigenvalue weighted by Crippen LogP contribution is -2.20. The van der Waals surface area contributed by atoms with E-state index in [0.29, 0.717) is 33.8 Å². The predicted molar refractivity (Wildman–Crippen MR) is 123 cm³/mol. The summed E-state index contributed by atoms with van der Waals surface area (Å²) in [5.41, 5.74) is 3.65. The first-order chi connectivity index (χ1) is 14.9. The van der Waals surface area contributed by atoms with Gasteiger partial charge in [0.15, 0.2) is 0 Å². The van der Waals surface area contributed by atoms with Crippen LogP contribution in [0.4, 0.5) is 0 Å². The van der Waals surface area contributed by atoms with Crippen LogP contribution in [0.3, 0.4) is 0 Å². The van der Waals surface area contributed by atoms with Gasteiger partial charge in [-0.25, -0.2) is 4.79 Å². The van der Waals surface area contributed by atoms with Crippen LogP contribution in [0.15, 0.2) is 58.1 Å². The fourth-order valence-electron chi connectivity index (χ4n) is 3.78. The summed E-state index contributed by atoms with van der Waals surface area (Å²) in [6, 6.07) is 14.0. The summed E-state index contributed by atoms with van der Waals surface area (Å²) in [5, 5.41) is 10.8. The van der Waals surface area contributed by atoms with Gasteiger partial charge in [-0.1, -0.05) is 30.3 Å². The molecule has 2 heterocycles. The number of carbonyl (C=O) groups is 1. The minimum atomic E-state index is -0.592. The van der Waals surface area contributed by atoms with E-state index in [4.69, 9.17) is 4.74 Å². The minimum absolute atomic E-state index is 0. The maximum atomic E-state index is 12.5. The standard InChI is InChI=1S/C23H22N4O4.ClH/c1-12-6-4-5-7-17(12)23(30)31-16-10-8-15(9-11-16)20(18-13(2)24-26-21(18)28)19-14(3)25-27-22(19)29;/h4-11,20H,1-3H3,(H2,24,26,28)(H2,25,27,29);1H. The van der Waals surface area contributed by atoms with Gasteiger partial charge in [0.25, 0.3) is 11.1 Å². The Kier molecular flexibility index (Phi) is 6.55. The topological polar surface area (TPSA) is 124 Å². The maximum absolute atomic E-state index is 12.5. The van der Waals surface area contributed by atoms with Crippen LogP contribution < -0.4 is 15.9 Å². The van der Waals surface area contributed by atoms with E-state index in [2.05, 4.69) is 20.4 Å². The molecule has 2 aromatic heterocycles. The average Bonchev–Trinajstić information content (AvgIpc) is 3.26. The number of aryl methyl sites for hydroxylation is 3. The van der Waals surface area contributed by atoms with Crippen molar-refractivity contribution in [3.8, 4) is 5.75 Å². The third kappa shape index (κ3) is 4.17. The summed E-state index contributed by atoms with van der Waals surface area (Å²) >= 11 is 0. The summed E-state index contributed by atoms with van der Waals surface area (Å²) in [6.45, 7) is 5.39. The van der Waals surface area contributed by atoms with Gasteiger partial charge in [-0.2, -0.15) is 0 Å². The Morgan fingerprint density at radius 3 is 1.78 bits per heavy atom. The van der Waals surface area contributed by atoms with Crippen LogP contribution in [0.25, 0.3) is 0 Å². The first kappa shape index (κ1) is 22.9. The molecular formula is C23H23ClN4O4. The van der Waals surface area contributed by atoms with Crippen molar-refractivity contribution < 1.29 is 9.53 Å². The molecule has 0 saturated heterocycles. The lowest BCUT2D eigenvalue weighted by molar-refractivity contribution is 0.0734. The van der Waals surface area contributed by atoms with Crippen molar-refractivity contribution in [1.29, 1.82) is 0 Å². The first-order valence-electron chi connectivity index (χ1n) is 9.79. The van der Waals surface area contributed by atoms with Gasteiger partial charge < -0.3 is 14.9 Å². The van der Waals surface area contributed by atoms with E-state index in [1.165, 1.54) is 0 Å². The number of hydrogen-bond donors (Lipinski definition) is 4. The van der Waals surface area contributed by atoms with E-state index in [-0.39, 0.29) is 23.5 Å². The van der Waals surface area contributed by atoms with Crippen molar-refractivity contribution in [2.45, 2.75) is 26.7 Å². The third-order valence-corrected chi connectivity index (χ3v) is 5.39. The number of esters is 1. The van der Waals surface area contributed by atoms with Gasteiger partial charge in [0, 0.05) is 17.3 Å². The van der Waals surface area contributed by atoms with Crippen LogP contribution in [-0.4, -0.2) is 26.4 Å². The Balaban J connectivity index is 0.00000289. The van der Waals surface area contributed by atoms with Crippen LogP contribution in [0.2, 0.25) is 0 Å². The van der Waals surface area contributed by atoms with E-state index in [9.17, 15) is 14.4 Å². The Bertz CT molecular complexity index is 1310. The lowest BCUT2D eigenvalue weighted by Gasteiger charge is -2.16. The van der Waals surface area contributed by atoms with Gasteiger partial charge in [0.1, 0.15) is 5.75 Å². The molecule has 32 heavy (non-hydrogen) atoms. The number of aromatic amines is 4. The van der Waals surface area contributed by atoms with E-state index in [1.807, 2.05) is 19.1 Å². The number of H-pyrrole nitrogens is 4. The van der Waals surface area contributed by atoms with Crippen LogP contribution in [0, 0.1) is 20.8 Å². The molecule has 0 aliphatic heterocycles. The fraction of sp³-hybridized carbons (Fsp3) is 0.174. The predicted octanol–water partition coefficient (Wildman–Crippen LogP) is 3.47. The maximum Gasteiger partial charge on any atom is 0.343 e. The number of ether oxygens (including phenoxy) is 1. The number of hydrogen-bond acceptors (Lipinski definition) is 4. The minimum Gasteiger partial charge on any atom is -0.423 e. The molecule has 0 saturated carbocycles. The summed E-state index contributed by atoms with van der Waals surface area (Å²) in [6.07, 6.45) is 0. The number of carbonyl (C=O) groups excluding carboxylic acids is 1. The molecule has 2 aromatic carbocycles. The van der Waals surface area contributed by atoms with Crippen molar-refractivity contribution in [2.24, 2.45) is 0 Å². The molecule has 4 rings (SSSR count). The number of halogens is 1. The first-order valence-corrected chi connectivity index (χ1v) is 9.79. The van der Waals surface area contributed by atoms with Crippen LogP contribution in [0.5, 0.6) is 5.75 Å². The van der Waals surface area contributed by atoms with Gasteiger partial charge >= 0.3 is 5.97 Å². The second-order valence-corrected chi connectivity index (χ2v) is 7.44. The smallest absolute Gasteiger partial charge is 0.343 e. The average molecular weight is 455 g/mol. The Hall–Kier alpha value is -3.78. The van der Waals surface area contributed by atoms with Gasteiger partial charge in [-0.3, -0.25) is 19.8 Å².